The first kappa shape index (κ1) is 21.7. The molecule has 0 aromatic carbocycles. The van der Waals surface area contributed by atoms with E-state index in [4.69, 9.17) is 4.74 Å². The number of nitrogens with one attached hydrogen (secondary N) is 1. The molecule has 0 atom stereocenters. The molecule has 0 saturated heterocycles. The van der Waals surface area contributed by atoms with Crippen molar-refractivity contribution in [1.82, 2.24) is 19.4 Å². The molecule has 0 aliphatic carbocycles. The number of fused-ring (bicyclic) bond motifs is 1. The minimum atomic E-state index is -0.565. The first-order valence-corrected chi connectivity index (χ1v) is 10.3. The predicted octanol–water partition coefficient (Wildman–Crippen LogP) is 2.88. The number of imidazole rings is 1. The highest BCUT2D eigenvalue weighted by molar-refractivity contribution is 7.15. The Morgan fingerprint density at radius 2 is 2.10 bits per heavy atom. The molecule has 162 valence electrons. The van der Waals surface area contributed by atoms with Crippen LogP contribution in [0.3, 0.4) is 0 Å². The Bertz CT molecular complexity index is 976. The van der Waals surface area contributed by atoms with Crippen LogP contribution in [0.25, 0.3) is 0 Å². The van der Waals surface area contributed by atoms with Gasteiger partial charge in [0.2, 0.25) is 11.7 Å². The zero-order valence-electron chi connectivity index (χ0n) is 17.3. The molecule has 0 saturated carbocycles. The molecule has 3 heterocycles. The van der Waals surface area contributed by atoms with Gasteiger partial charge < -0.3 is 29.6 Å². The second-order valence-electron chi connectivity index (χ2n) is 7.94. The maximum atomic E-state index is 12.3. The highest BCUT2D eigenvalue weighted by Gasteiger charge is 2.28. The molecule has 12 heteroatoms. The normalized spacial score (nSPS) is 13.7. The van der Waals surface area contributed by atoms with Gasteiger partial charge in [0, 0.05) is 37.7 Å². The van der Waals surface area contributed by atoms with Gasteiger partial charge in [0.1, 0.15) is 11.8 Å². The number of carbonyl (C=O) groups is 2. The largest absolute Gasteiger partial charge is 0.444 e. The van der Waals surface area contributed by atoms with Crippen LogP contribution >= 0.6 is 11.3 Å². The molecule has 0 spiro atoms. The summed E-state index contributed by atoms with van der Waals surface area (Å²) in [6.45, 7) is 8.30. The van der Waals surface area contributed by atoms with Crippen molar-refractivity contribution in [3.8, 4) is 0 Å². The van der Waals surface area contributed by atoms with E-state index in [1.807, 2.05) is 20.8 Å². The van der Waals surface area contributed by atoms with Gasteiger partial charge in [-0.15, -0.1) is 0 Å². The average Bonchev–Trinajstić information content (AvgIpc) is 3.20. The molecule has 0 bridgehead atoms. The lowest BCUT2D eigenvalue weighted by Crippen LogP contribution is -2.39. The highest BCUT2D eigenvalue weighted by atomic mass is 32.1. The molecular weight excluding hydrogens is 412 g/mol. The third kappa shape index (κ3) is 5.32. The summed E-state index contributed by atoms with van der Waals surface area (Å²) < 4.78 is 6.99. The van der Waals surface area contributed by atoms with Crippen LogP contribution in [-0.2, 0) is 29.0 Å². The first-order chi connectivity index (χ1) is 14.0. The van der Waals surface area contributed by atoms with Gasteiger partial charge in [0.05, 0.1) is 12.2 Å². The Labute approximate surface area is 177 Å². The van der Waals surface area contributed by atoms with Gasteiger partial charge in [0.15, 0.2) is 5.13 Å². The summed E-state index contributed by atoms with van der Waals surface area (Å²) in [4.78, 5) is 45.6. The Morgan fingerprint density at radius 3 is 2.73 bits per heavy atom. The molecule has 2 amide bonds. The molecule has 1 aliphatic rings. The second-order valence-corrected chi connectivity index (χ2v) is 9.02. The summed E-state index contributed by atoms with van der Waals surface area (Å²) in [6, 6.07) is 0. The number of aryl methyl sites for hydroxylation is 2. The fourth-order valence-electron chi connectivity index (χ4n) is 2.94. The lowest BCUT2D eigenvalue weighted by atomic mass is 10.2. The molecule has 2 aromatic heterocycles. The lowest BCUT2D eigenvalue weighted by Gasteiger charge is -2.29. The molecule has 0 fully saturated rings. The number of carbonyl (C=O) groups excluding carboxylic acids is 2. The van der Waals surface area contributed by atoms with E-state index in [1.54, 1.807) is 16.4 Å². The predicted molar refractivity (Wildman–Crippen MR) is 109 cm³/mol. The van der Waals surface area contributed by atoms with Gasteiger partial charge in [-0.1, -0.05) is 11.3 Å². The van der Waals surface area contributed by atoms with Crippen LogP contribution in [0.2, 0.25) is 0 Å². The molecule has 0 radical (unpaired) electrons. The van der Waals surface area contributed by atoms with E-state index >= 15 is 0 Å². The Balaban J connectivity index is 1.56. The highest BCUT2D eigenvalue weighted by Crippen LogP contribution is 2.29. The summed E-state index contributed by atoms with van der Waals surface area (Å²) in [5, 5.41) is 14.0. The van der Waals surface area contributed by atoms with Gasteiger partial charge in [-0.2, -0.15) is 0 Å². The van der Waals surface area contributed by atoms with Gasteiger partial charge in [-0.05, 0) is 30.7 Å². The quantitative estimate of drug-likeness (QED) is 0.563. The van der Waals surface area contributed by atoms with Crippen LogP contribution in [0, 0.1) is 17.0 Å². The van der Waals surface area contributed by atoms with Crippen LogP contribution in [0.15, 0.2) is 6.20 Å². The van der Waals surface area contributed by atoms with E-state index in [2.05, 4.69) is 15.3 Å². The van der Waals surface area contributed by atoms with E-state index in [1.165, 1.54) is 17.5 Å². The maximum Gasteiger partial charge on any atom is 0.410 e. The van der Waals surface area contributed by atoms with Crippen LogP contribution in [0.1, 0.15) is 43.6 Å². The number of nitrogens with zero attached hydrogens (tertiary/aromatic N) is 5. The fraction of sp³-hybridized carbons (Fsp3) is 0.556. The number of aromatic nitrogens is 3. The van der Waals surface area contributed by atoms with Gasteiger partial charge >= 0.3 is 11.9 Å². The second kappa shape index (κ2) is 8.38. The third-order valence-corrected chi connectivity index (χ3v) is 5.36. The first-order valence-electron chi connectivity index (χ1n) is 9.46. The standard InChI is InChI=1S/C18H24N6O5S/c1-11-19-14(24(27)28)10-22(11)8-6-15(25)21-16-20-12-5-7-23(9-13(12)30-16)17(26)29-18(2,3)4/h10H,5-9H2,1-4H3,(H,20,21,25). The summed E-state index contributed by atoms with van der Waals surface area (Å²) in [5.41, 5.74) is 0.314. The van der Waals surface area contributed by atoms with Crippen LogP contribution < -0.4 is 5.32 Å². The smallest absolute Gasteiger partial charge is 0.410 e. The number of ether oxygens (including phenoxy) is 1. The number of thiazole rings is 1. The van der Waals surface area contributed by atoms with Crippen molar-refractivity contribution in [2.24, 2.45) is 0 Å². The van der Waals surface area contributed by atoms with Crippen LogP contribution in [-0.4, -0.2) is 48.5 Å². The number of anilines is 1. The van der Waals surface area contributed by atoms with Gasteiger partial charge in [-0.25, -0.2) is 9.78 Å². The minimum Gasteiger partial charge on any atom is -0.444 e. The van der Waals surface area contributed by atoms with Crippen molar-refractivity contribution in [2.45, 2.75) is 59.2 Å². The maximum absolute atomic E-state index is 12.3. The van der Waals surface area contributed by atoms with E-state index in [9.17, 15) is 19.7 Å². The van der Waals surface area contributed by atoms with E-state index in [0.717, 1.165) is 10.6 Å². The van der Waals surface area contributed by atoms with Crippen molar-refractivity contribution in [3.05, 3.63) is 32.7 Å². The van der Waals surface area contributed by atoms with E-state index < -0.39 is 10.5 Å². The molecule has 30 heavy (non-hydrogen) atoms. The van der Waals surface area contributed by atoms with E-state index in [-0.39, 0.29) is 30.8 Å². The van der Waals surface area contributed by atoms with Crippen LogP contribution in [0.5, 0.6) is 0 Å². The molecular formula is C18H24N6O5S. The number of amides is 2. The summed E-state index contributed by atoms with van der Waals surface area (Å²) in [5.74, 6) is -0.0163. The molecule has 3 rings (SSSR count). The van der Waals surface area contributed by atoms with Crippen molar-refractivity contribution in [2.75, 3.05) is 11.9 Å². The monoisotopic (exact) mass is 436 g/mol. The number of hydrogen-bond donors (Lipinski definition) is 1. The lowest BCUT2D eigenvalue weighted by molar-refractivity contribution is -0.389. The SMILES string of the molecule is Cc1nc([N+](=O)[O-])cn1CCC(=O)Nc1nc2c(s1)CN(C(=O)OC(C)(C)C)CC2. The molecule has 11 nitrogen and oxygen atoms in total. The third-order valence-electron chi connectivity index (χ3n) is 4.36. The average molecular weight is 436 g/mol. The van der Waals surface area contributed by atoms with Crippen molar-refractivity contribution < 1.29 is 19.2 Å². The number of hydrogen-bond acceptors (Lipinski definition) is 8. The Morgan fingerprint density at radius 1 is 1.37 bits per heavy atom. The number of rotatable bonds is 5. The molecule has 1 N–H and O–H groups in total. The zero-order chi connectivity index (χ0) is 22.1. The van der Waals surface area contributed by atoms with Gasteiger partial charge in [0.25, 0.3) is 0 Å². The summed E-state index contributed by atoms with van der Waals surface area (Å²) >= 11 is 1.33. The van der Waals surface area contributed by atoms with Crippen molar-refractivity contribution >= 4 is 34.3 Å². The summed E-state index contributed by atoms with van der Waals surface area (Å²) in [6.07, 6.45) is 1.68. The Kier molecular flexibility index (Phi) is 6.06. The van der Waals surface area contributed by atoms with Crippen molar-refractivity contribution in [3.63, 3.8) is 0 Å². The van der Waals surface area contributed by atoms with Gasteiger partial charge in [-0.3, -0.25) is 4.79 Å². The molecule has 0 unspecified atom stereocenters. The van der Waals surface area contributed by atoms with Crippen LogP contribution in [0.4, 0.5) is 15.7 Å². The molecule has 2 aromatic rings. The Hall–Kier alpha value is -3.02. The number of nitro groups is 1. The minimum absolute atomic E-state index is 0.128. The summed E-state index contributed by atoms with van der Waals surface area (Å²) in [7, 11) is 0. The molecule has 1 aliphatic heterocycles. The van der Waals surface area contributed by atoms with Crippen molar-refractivity contribution in [1.29, 1.82) is 0 Å². The zero-order valence-corrected chi connectivity index (χ0v) is 18.1. The fourth-order valence-corrected chi connectivity index (χ4v) is 3.98. The topological polar surface area (TPSA) is 132 Å². The van der Waals surface area contributed by atoms with E-state index in [0.29, 0.717) is 30.5 Å².